The maximum Gasteiger partial charge on any atom is 0.161 e. The van der Waals surface area contributed by atoms with Crippen molar-refractivity contribution in [1.29, 1.82) is 5.26 Å². The van der Waals surface area contributed by atoms with Crippen LogP contribution in [-0.4, -0.2) is 16.5 Å². The van der Waals surface area contributed by atoms with Crippen molar-refractivity contribution in [3.8, 4) is 6.07 Å². The maximum absolute atomic E-state index is 8.96. The Morgan fingerprint density at radius 2 is 2.16 bits per heavy atom. The Kier molecular flexibility index (Phi) is 4.16. The van der Waals surface area contributed by atoms with Gasteiger partial charge in [0.2, 0.25) is 0 Å². The summed E-state index contributed by atoms with van der Waals surface area (Å²) in [5.41, 5.74) is 2.88. The Hall–Kier alpha value is -1.47. The van der Waals surface area contributed by atoms with Crippen molar-refractivity contribution in [3.05, 3.63) is 29.3 Å². The van der Waals surface area contributed by atoms with Gasteiger partial charge in [-0.3, -0.25) is 4.99 Å². The van der Waals surface area contributed by atoms with Crippen molar-refractivity contribution < 1.29 is 0 Å². The summed E-state index contributed by atoms with van der Waals surface area (Å²) in [4.78, 5) is 4.83. The molecule has 2 rings (SSSR count). The lowest BCUT2D eigenvalue weighted by Crippen LogP contribution is -2.24. The number of hydrogen-bond donors (Lipinski definition) is 1. The van der Waals surface area contributed by atoms with Crippen LogP contribution in [0.4, 0.5) is 5.69 Å². The second-order valence-electron chi connectivity index (χ2n) is 4.90. The monoisotopic (exact) mass is 273 g/mol. The summed E-state index contributed by atoms with van der Waals surface area (Å²) in [7, 11) is 0. The number of rotatable bonds is 3. The van der Waals surface area contributed by atoms with Crippen molar-refractivity contribution in [3.63, 3.8) is 0 Å². The molecular weight excluding hydrogens is 254 g/mol. The first-order chi connectivity index (χ1) is 9.12. The first-order valence-corrected chi connectivity index (χ1v) is 7.61. The molecule has 100 valence electrons. The number of thioether (sulfide) groups is 1. The number of nitrogens with zero attached hydrogens (tertiary/aromatic N) is 2. The molecule has 0 aliphatic carbocycles. The second-order valence-corrected chi connectivity index (χ2v) is 5.87. The molecule has 0 atom stereocenters. The van der Waals surface area contributed by atoms with Crippen LogP contribution in [0.15, 0.2) is 23.2 Å². The Morgan fingerprint density at radius 1 is 1.42 bits per heavy atom. The molecule has 0 aromatic heterocycles. The van der Waals surface area contributed by atoms with E-state index < -0.39 is 0 Å². The zero-order valence-corrected chi connectivity index (χ0v) is 12.5. The van der Waals surface area contributed by atoms with Gasteiger partial charge in [0.05, 0.1) is 17.2 Å². The molecule has 4 heteroatoms. The summed E-state index contributed by atoms with van der Waals surface area (Å²) in [5.74, 6) is 1.04. The van der Waals surface area contributed by atoms with Crippen LogP contribution in [-0.2, 0) is 0 Å². The number of aryl methyl sites for hydroxylation is 1. The van der Waals surface area contributed by atoms with E-state index in [1.807, 2.05) is 25.1 Å². The molecule has 0 saturated carbocycles. The Labute approximate surface area is 119 Å². The average molecular weight is 273 g/mol. The van der Waals surface area contributed by atoms with E-state index in [-0.39, 0.29) is 5.54 Å². The molecule has 1 aromatic rings. The van der Waals surface area contributed by atoms with Crippen LogP contribution in [0.2, 0.25) is 0 Å². The van der Waals surface area contributed by atoms with Gasteiger partial charge >= 0.3 is 0 Å². The van der Waals surface area contributed by atoms with Crippen LogP contribution in [0.3, 0.4) is 0 Å². The Balaban J connectivity index is 2.21. The normalized spacial score (nSPS) is 16.8. The highest BCUT2D eigenvalue weighted by molar-refractivity contribution is 8.14. The zero-order chi connectivity index (χ0) is 13.9. The Morgan fingerprint density at radius 3 is 2.74 bits per heavy atom. The van der Waals surface area contributed by atoms with Crippen LogP contribution >= 0.6 is 11.8 Å². The minimum atomic E-state index is 0.0910. The SMILES string of the molecule is CCC1(CC)CSC(Nc2cc(C#N)ccc2C)=N1. The molecule has 0 fully saturated rings. The van der Waals surface area contributed by atoms with Gasteiger partial charge < -0.3 is 5.32 Å². The third-order valence-electron chi connectivity index (χ3n) is 3.74. The van der Waals surface area contributed by atoms with E-state index in [1.165, 1.54) is 0 Å². The van der Waals surface area contributed by atoms with E-state index in [1.54, 1.807) is 11.8 Å². The van der Waals surface area contributed by atoms with Gasteiger partial charge in [0, 0.05) is 11.4 Å². The molecule has 1 N–H and O–H groups in total. The lowest BCUT2D eigenvalue weighted by Gasteiger charge is -2.20. The Bertz CT molecular complexity index is 539. The minimum Gasteiger partial charge on any atom is -0.335 e. The molecule has 0 amide bonds. The molecule has 0 saturated heterocycles. The van der Waals surface area contributed by atoms with Gasteiger partial charge in [0.25, 0.3) is 0 Å². The molecule has 1 heterocycles. The fourth-order valence-corrected chi connectivity index (χ4v) is 3.42. The summed E-state index contributed by atoms with van der Waals surface area (Å²) in [6, 6.07) is 7.86. The van der Waals surface area contributed by atoms with Gasteiger partial charge in [-0.05, 0) is 37.5 Å². The van der Waals surface area contributed by atoms with Crippen LogP contribution in [0.1, 0.15) is 37.8 Å². The number of hydrogen-bond acceptors (Lipinski definition) is 4. The molecule has 0 bridgehead atoms. The zero-order valence-electron chi connectivity index (χ0n) is 11.7. The molecule has 0 spiro atoms. The van der Waals surface area contributed by atoms with E-state index in [0.29, 0.717) is 5.56 Å². The average Bonchev–Trinajstić information content (AvgIpc) is 2.85. The van der Waals surface area contributed by atoms with E-state index in [0.717, 1.165) is 35.0 Å². The molecule has 0 unspecified atom stereocenters. The van der Waals surface area contributed by atoms with Gasteiger partial charge in [-0.1, -0.05) is 31.7 Å². The third kappa shape index (κ3) is 2.93. The first kappa shape index (κ1) is 14.0. The highest BCUT2D eigenvalue weighted by atomic mass is 32.2. The smallest absolute Gasteiger partial charge is 0.161 e. The van der Waals surface area contributed by atoms with Gasteiger partial charge in [-0.2, -0.15) is 5.26 Å². The summed E-state index contributed by atoms with van der Waals surface area (Å²) in [5, 5.41) is 13.3. The molecule has 1 aromatic carbocycles. The third-order valence-corrected chi connectivity index (χ3v) is 4.89. The largest absolute Gasteiger partial charge is 0.335 e. The van der Waals surface area contributed by atoms with E-state index >= 15 is 0 Å². The van der Waals surface area contributed by atoms with Crippen LogP contribution in [0.5, 0.6) is 0 Å². The van der Waals surface area contributed by atoms with Crippen LogP contribution in [0.25, 0.3) is 0 Å². The van der Waals surface area contributed by atoms with E-state index in [4.69, 9.17) is 10.3 Å². The van der Waals surface area contributed by atoms with Crippen molar-refractivity contribution in [1.82, 2.24) is 0 Å². The lowest BCUT2D eigenvalue weighted by atomic mass is 9.97. The van der Waals surface area contributed by atoms with Crippen molar-refractivity contribution in [2.24, 2.45) is 4.99 Å². The number of anilines is 1. The van der Waals surface area contributed by atoms with E-state index in [2.05, 4.69) is 25.2 Å². The predicted molar refractivity (Wildman–Crippen MR) is 82.7 cm³/mol. The van der Waals surface area contributed by atoms with Gasteiger partial charge in [0.1, 0.15) is 0 Å². The number of aliphatic imine (C=N–C) groups is 1. The van der Waals surface area contributed by atoms with Gasteiger partial charge in [-0.15, -0.1) is 0 Å². The number of nitriles is 1. The van der Waals surface area contributed by atoms with Crippen LogP contribution in [0, 0.1) is 18.3 Å². The van der Waals surface area contributed by atoms with Gasteiger partial charge in [-0.25, -0.2) is 0 Å². The first-order valence-electron chi connectivity index (χ1n) is 6.63. The molecular formula is C15H19N3S. The van der Waals surface area contributed by atoms with Crippen molar-refractivity contribution in [2.45, 2.75) is 39.2 Å². The molecule has 19 heavy (non-hydrogen) atoms. The topological polar surface area (TPSA) is 48.2 Å². The standard InChI is InChI=1S/C15H19N3S/c1-4-15(5-2)10-19-14(18-15)17-13-8-12(9-16)7-6-11(13)3/h6-8H,4-5,10H2,1-3H3,(H,17,18). The number of amidine groups is 1. The van der Waals surface area contributed by atoms with Gasteiger partial charge in [0.15, 0.2) is 5.17 Å². The highest BCUT2D eigenvalue weighted by Crippen LogP contribution is 2.34. The molecule has 1 aliphatic rings. The highest BCUT2D eigenvalue weighted by Gasteiger charge is 2.32. The minimum absolute atomic E-state index is 0.0910. The number of benzene rings is 1. The van der Waals surface area contributed by atoms with E-state index in [9.17, 15) is 0 Å². The fraction of sp³-hybridized carbons (Fsp3) is 0.467. The predicted octanol–water partition coefficient (Wildman–Crippen LogP) is 3.94. The fourth-order valence-electron chi connectivity index (χ4n) is 2.10. The van der Waals surface area contributed by atoms with Crippen molar-refractivity contribution in [2.75, 3.05) is 11.1 Å². The van der Waals surface area contributed by atoms with Crippen LogP contribution < -0.4 is 5.32 Å². The quantitative estimate of drug-likeness (QED) is 0.907. The summed E-state index contributed by atoms with van der Waals surface area (Å²) in [6.07, 6.45) is 2.14. The van der Waals surface area contributed by atoms with Crippen molar-refractivity contribution >= 4 is 22.6 Å². The lowest BCUT2D eigenvalue weighted by molar-refractivity contribution is 0.456. The second kappa shape index (κ2) is 5.66. The molecule has 1 aliphatic heterocycles. The summed E-state index contributed by atoms with van der Waals surface area (Å²) >= 11 is 1.77. The summed E-state index contributed by atoms with van der Waals surface area (Å²) < 4.78 is 0. The molecule has 0 radical (unpaired) electrons. The summed E-state index contributed by atoms with van der Waals surface area (Å²) in [6.45, 7) is 6.42. The maximum atomic E-state index is 8.96. The number of nitrogens with one attached hydrogen (secondary N) is 1. The molecule has 3 nitrogen and oxygen atoms in total.